The van der Waals surface area contributed by atoms with E-state index >= 15 is 0 Å². The second kappa shape index (κ2) is 7.93. The molecule has 0 aliphatic rings. The summed E-state index contributed by atoms with van der Waals surface area (Å²) >= 11 is 1.95. The topological polar surface area (TPSA) is 3.24 Å². The molecular weight excluding hydrogens is 166 g/mol. The highest BCUT2D eigenvalue weighted by molar-refractivity contribution is 7.98. The largest absolute Gasteiger partial charge is 0.301 e. The van der Waals surface area contributed by atoms with Crippen LogP contribution in [0.1, 0.15) is 33.6 Å². The minimum atomic E-state index is 0.712. The van der Waals surface area contributed by atoms with E-state index in [1.54, 1.807) is 0 Å². The van der Waals surface area contributed by atoms with Crippen LogP contribution in [0.3, 0.4) is 0 Å². The molecule has 0 aromatic carbocycles. The average molecular weight is 189 g/mol. The molecule has 1 nitrogen and oxygen atoms in total. The maximum atomic E-state index is 2.53. The van der Waals surface area contributed by atoms with Crippen molar-refractivity contribution >= 4 is 11.8 Å². The van der Waals surface area contributed by atoms with Crippen molar-refractivity contribution in [3.05, 3.63) is 0 Å². The Balaban J connectivity index is 3.32. The molecule has 0 radical (unpaired) electrons. The molecule has 0 unspecified atom stereocenters. The van der Waals surface area contributed by atoms with Crippen LogP contribution in [0.25, 0.3) is 0 Å². The summed E-state index contributed by atoms with van der Waals surface area (Å²) in [6, 6.07) is 0.712. The first-order valence-corrected chi connectivity index (χ1v) is 6.34. The van der Waals surface area contributed by atoms with Crippen molar-refractivity contribution in [1.82, 2.24) is 4.90 Å². The second-order valence-corrected chi connectivity index (χ2v) is 4.41. The molecule has 0 aromatic heterocycles. The Kier molecular flexibility index (Phi) is 8.14. The Morgan fingerprint density at radius 2 is 1.92 bits per heavy atom. The van der Waals surface area contributed by atoms with Crippen molar-refractivity contribution in [2.24, 2.45) is 0 Å². The van der Waals surface area contributed by atoms with Gasteiger partial charge in [0.15, 0.2) is 0 Å². The SMILES string of the molecule is CCN(CCCCSC)C(C)C. The van der Waals surface area contributed by atoms with Crippen LogP contribution in [0.5, 0.6) is 0 Å². The Morgan fingerprint density at radius 3 is 2.33 bits per heavy atom. The first-order chi connectivity index (χ1) is 5.72. The summed E-state index contributed by atoms with van der Waals surface area (Å²) in [4.78, 5) is 2.53. The highest BCUT2D eigenvalue weighted by Gasteiger charge is 2.04. The van der Waals surface area contributed by atoms with Gasteiger partial charge in [-0.1, -0.05) is 6.92 Å². The summed E-state index contributed by atoms with van der Waals surface area (Å²) in [7, 11) is 0. The molecular formula is C10H23NS. The summed E-state index contributed by atoms with van der Waals surface area (Å²) in [5.74, 6) is 1.32. The van der Waals surface area contributed by atoms with E-state index in [2.05, 4.69) is 31.9 Å². The monoisotopic (exact) mass is 189 g/mol. The van der Waals surface area contributed by atoms with Crippen LogP contribution < -0.4 is 0 Å². The van der Waals surface area contributed by atoms with Crippen LogP contribution in [-0.2, 0) is 0 Å². The second-order valence-electron chi connectivity index (χ2n) is 3.42. The predicted molar refractivity (Wildman–Crippen MR) is 60.0 cm³/mol. The third-order valence-electron chi connectivity index (χ3n) is 2.18. The zero-order valence-corrected chi connectivity index (χ0v) is 9.78. The molecule has 0 heterocycles. The molecule has 0 spiro atoms. The Labute approximate surface area is 81.9 Å². The zero-order valence-electron chi connectivity index (χ0n) is 8.97. The normalized spacial score (nSPS) is 11.5. The smallest absolute Gasteiger partial charge is 0.00384 e. The van der Waals surface area contributed by atoms with Crippen LogP contribution >= 0.6 is 11.8 Å². The van der Waals surface area contributed by atoms with Crippen molar-refractivity contribution in [2.45, 2.75) is 39.7 Å². The van der Waals surface area contributed by atoms with E-state index in [1.807, 2.05) is 11.8 Å². The highest BCUT2D eigenvalue weighted by Crippen LogP contribution is 2.03. The molecule has 0 N–H and O–H groups in total. The van der Waals surface area contributed by atoms with Gasteiger partial charge in [0.05, 0.1) is 0 Å². The van der Waals surface area contributed by atoms with E-state index in [9.17, 15) is 0 Å². The van der Waals surface area contributed by atoms with Crippen molar-refractivity contribution in [2.75, 3.05) is 25.1 Å². The fraction of sp³-hybridized carbons (Fsp3) is 1.00. The number of nitrogens with zero attached hydrogens (tertiary/aromatic N) is 1. The molecule has 2 heteroatoms. The molecule has 0 atom stereocenters. The van der Waals surface area contributed by atoms with Gasteiger partial charge < -0.3 is 4.90 Å². The van der Waals surface area contributed by atoms with Gasteiger partial charge >= 0.3 is 0 Å². The Bertz CT molecular complexity index is 93.8. The molecule has 0 fully saturated rings. The van der Waals surface area contributed by atoms with E-state index in [4.69, 9.17) is 0 Å². The van der Waals surface area contributed by atoms with Crippen molar-refractivity contribution < 1.29 is 0 Å². The van der Waals surface area contributed by atoms with Gasteiger partial charge in [-0.05, 0) is 51.8 Å². The van der Waals surface area contributed by atoms with Crippen LogP contribution in [0.2, 0.25) is 0 Å². The van der Waals surface area contributed by atoms with Gasteiger partial charge in [-0.25, -0.2) is 0 Å². The van der Waals surface area contributed by atoms with Gasteiger partial charge in [0.2, 0.25) is 0 Å². The van der Waals surface area contributed by atoms with Gasteiger partial charge in [-0.2, -0.15) is 11.8 Å². The average Bonchev–Trinajstić information content (AvgIpc) is 2.04. The lowest BCUT2D eigenvalue weighted by atomic mass is 10.2. The lowest BCUT2D eigenvalue weighted by molar-refractivity contribution is 0.230. The standard InChI is InChI=1S/C10H23NS/c1-5-11(10(2)3)8-6-7-9-12-4/h10H,5-9H2,1-4H3. The van der Waals surface area contributed by atoms with E-state index in [1.165, 1.54) is 31.7 Å². The molecule has 0 aliphatic heterocycles. The fourth-order valence-corrected chi connectivity index (χ4v) is 1.84. The molecule has 0 saturated heterocycles. The van der Waals surface area contributed by atoms with Crippen LogP contribution in [0.4, 0.5) is 0 Å². The highest BCUT2D eigenvalue weighted by atomic mass is 32.2. The maximum Gasteiger partial charge on any atom is 0.00384 e. The van der Waals surface area contributed by atoms with Gasteiger partial charge in [-0.3, -0.25) is 0 Å². The fourth-order valence-electron chi connectivity index (χ4n) is 1.34. The predicted octanol–water partition coefficient (Wildman–Crippen LogP) is 2.86. The van der Waals surface area contributed by atoms with Crippen molar-refractivity contribution in [3.63, 3.8) is 0 Å². The number of thioether (sulfide) groups is 1. The third kappa shape index (κ3) is 5.90. The molecule has 12 heavy (non-hydrogen) atoms. The first-order valence-electron chi connectivity index (χ1n) is 4.95. The Morgan fingerprint density at radius 1 is 1.25 bits per heavy atom. The third-order valence-corrected chi connectivity index (χ3v) is 2.88. The lowest BCUT2D eigenvalue weighted by Crippen LogP contribution is -2.31. The van der Waals surface area contributed by atoms with E-state index in [-0.39, 0.29) is 0 Å². The van der Waals surface area contributed by atoms with Gasteiger partial charge in [0.25, 0.3) is 0 Å². The molecule has 74 valence electrons. The van der Waals surface area contributed by atoms with Crippen LogP contribution in [0, 0.1) is 0 Å². The summed E-state index contributed by atoms with van der Waals surface area (Å²) in [6.45, 7) is 9.26. The summed E-state index contributed by atoms with van der Waals surface area (Å²) in [5, 5.41) is 0. The number of hydrogen-bond donors (Lipinski definition) is 0. The zero-order chi connectivity index (χ0) is 9.40. The molecule has 0 saturated carbocycles. The van der Waals surface area contributed by atoms with Crippen LogP contribution in [0.15, 0.2) is 0 Å². The minimum Gasteiger partial charge on any atom is -0.301 e. The lowest BCUT2D eigenvalue weighted by Gasteiger charge is -2.24. The van der Waals surface area contributed by atoms with E-state index in [0.29, 0.717) is 6.04 Å². The summed E-state index contributed by atoms with van der Waals surface area (Å²) < 4.78 is 0. The first kappa shape index (κ1) is 12.3. The van der Waals surface area contributed by atoms with Gasteiger partial charge in [-0.15, -0.1) is 0 Å². The molecule has 0 aromatic rings. The quantitative estimate of drug-likeness (QED) is 0.567. The minimum absolute atomic E-state index is 0.712. The summed E-state index contributed by atoms with van der Waals surface area (Å²) in [5.41, 5.74) is 0. The molecule has 0 amide bonds. The summed E-state index contributed by atoms with van der Waals surface area (Å²) in [6.07, 6.45) is 4.90. The number of hydrogen-bond acceptors (Lipinski definition) is 2. The van der Waals surface area contributed by atoms with Crippen LogP contribution in [-0.4, -0.2) is 36.0 Å². The van der Waals surface area contributed by atoms with Gasteiger partial charge in [0, 0.05) is 6.04 Å². The van der Waals surface area contributed by atoms with Crippen molar-refractivity contribution in [3.8, 4) is 0 Å². The number of rotatable bonds is 7. The molecule has 0 bridgehead atoms. The van der Waals surface area contributed by atoms with Crippen molar-refractivity contribution in [1.29, 1.82) is 0 Å². The maximum absolute atomic E-state index is 2.53. The Hall–Kier alpha value is 0.310. The number of unbranched alkanes of at least 4 members (excludes halogenated alkanes) is 1. The van der Waals surface area contributed by atoms with E-state index < -0.39 is 0 Å². The van der Waals surface area contributed by atoms with Gasteiger partial charge in [0.1, 0.15) is 0 Å². The molecule has 0 aliphatic carbocycles. The van der Waals surface area contributed by atoms with E-state index in [0.717, 1.165) is 0 Å². The molecule has 0 rings (SSSR count).